The summed E-state index contributed by atoms with van der Waals surface area (Å²) in [5.74, 6) is 0. The summed E-state index contributed by atoms with van der Waals surface area (Å²) < 4.78 is 0. The molecule has 38 valence electrons. The standard InChI is InChI=1S/C3H8O2S/c1-6(2)3(4)5/h4-5H,1-2H3. The zero-order valence-electron chi connectivity index (χ0n) is 3.80. The van der Waals surface area contributed by atoms with Gasteiger partial charge in [0.1, 0.15) is 0 Å². The molecule has 0 aliphatic heterocycles. The SMILES string of the molecule is CS(C)=C(O)O. The minimum Gasteiger partial charge on any atom is -0.337 e. The second kappa shape index (κ2) is 2.34. The minimum absolute atomic E-state index is 0.340. The molecule has 0 saturated heterocycles. The molecule has 0 saturated carbocycles. The maximum Gasteiger partial charge on any atom is 0.204 e. The van der Waals surface area contributed by atoms with Gasteiger partial charge in [-0.25, -0.2) is 0 Å². The highest BCUT2D eigenvalue weighted by Gasteiger charge is 1.78. The Morgan fingerprint density at radius 3 is 1.50 bits per heavy atom. The highest BCUT2D eigenvalue weighted by Crippen LogP contribution is 1.95. The van der Waals surface area contributed by atoms with E-state index in [1.54, 1.807) is 12.5 Å². The molecule has 0 fully saturated rings. The Kier molecular flexibility index (Phi) is 2.39. The van der Waals surface area contributed by atoms with Gasteiger partial charge in [-0.3, -0.25) is 0 Å². The van der Waals surface area contributed by atoms with Crippen molar-refractivity contribution in [2.45, 2.75) is 0 Å². The van der Waals surface area contributed by atoms with Crippen molar-refractivity contribution in [1.29, 1.82) is 0 Å². The van der Waals surface area contributed by atoms with Gasteiger partial charge in [-0.15, -0.1) is 10.5 Å². The molecule has 3 heteroatoms. The van der Waals surface area contributed by atoms with Crippen LogP contribution in [0.5, 0.6) is 0 Å². The topological polar surface area (TPSA) is 40.5 Å². The molecule has 0 bridgehead atoms. The van der Waals surface area contributed by atoms with E-state index in [-0.39, 0.29) is 10.5 Å². The Balaban J connectivity index is 3.68. The summed E-state index contributed by atoms with van der Waals surface area (Å²) in [7, 11) is -0.340. The van der Waals surface area contributed by atoms with Gasteiger partial charge < -0.3 is 10.2 Å². The van der Waals surface area contributed by atoms with Gasteiger partial charge in [0.05, 0.1) is 0 Å². The summed E-state index contributed by atoms with van der Waals surface area (Å²) in [5.41, 5.74) is 0. The van der Waals surface area contributed by atoms with E-state index in [9.17, 15) is 0 Å². The number of aliphatic hydroxyl groups is 2. The van der Waals surface area contributed by atoms with E-state index in [1.165, 1.54) is 0 Å². The largest absolute Gasteiger partial charge is 0.337 e. The molecule has 0 aliphatic carbocycles. The van der Waals surface area contributed by atoms with Crippen molar-refractivity contribution >= 4 is 15.7 Å². The van der Waals surface area contributed by atoms with E-state index in [4.69, 9.17) is 10.2 Å². The number of rotatable bonds is 0. The molecule has 0 aromatic carbocycles. The lowest BCUT2D eigenvalue weighted by atomic mass is 11.5. The van der Waals surface area contributed by atoms with Crippen molar-refractivity contribution in [1.82, 2.24) is 0 Å². The van der Waals surface area contributed by atoms with Crippen LogP contribution in [0.2, 0.25) is 0 Å². The zero-order chi connectivity index (χ0) is 5.15. The van der Waals surface area contributed by atoms with E-state index < -0.39 is 5.24 Å². The Morgan fingerprint density at radius 2 is 1.50 bits per heavy atom. The fraction of sp³-hybridized carbons (Fsp3) is 0.667. The normalized spacial score (nSPS) is 9.50. The third-order valence-electron chi connectivity index (χ3n) is 0.365. The van der Waals surface area contributed by atoms with Crippen LogP contribution in [0.1, 0.15) is 0 Å². The van der Waals surface area contributed by atoms with Crippen LogP contribution < -0.4 is 0 Å². The quantitative estimate of drug-likeness (QED) is 0.449. The molecule has 0 aliphatic rings. The lowest BCUT2D eigenvalue weighted by Gasteiger charge is -1.87. The van der Waals surface area contributed by atoms with Crippen LogP contribution in [0, 0.1) is 0 Å². The van der Waals surface area contributed by atoms with E-state index in [0.717, 1.165) is 0 Å². The predicted octanol–water partition coefficient (Wildman–Crippen LogP) is 0.718. The van der Waals surface area contributed by atoms with Crippen molar-refractivity contribution < 1.29 is 10.2 Å². The molecule has 0 rings (SSSR count). The number of aliphatic hydroxyl groups excluding tert-OH is 1. The lowest BCUT2D eigenvalue weighted by Crippen LogP contribution is -1.89. The fourth-order valence-electron chi connectivity index (χ4n) is 0. The number of hydrogen-bond donors (Lipinski definition) is 2. The average Bonchev–Trinajstić information content (AvgIpc) is 1.36. The lowest BCUT2D eigenvalue weighted by molar-refractivity contribution is 0.385. The summed E-state index contributed by atoms with van der Waals surface area (Å²) >= 11 is 0. The average molecular weight is 108 g/mol. The molecule has 0 spiro atoms. The van der Waals surface area contributed by atoms with Gasteiger partial charge >= 0.3 is 0 Å². The van der Waals surface area contributed by atoms with Crippen LogP contribution in [0.4, 0.5) is 0 Å². The van der Waals surface area contributed by atoms with Crippen molar-refractivity contribution in [2.24, 2.45) is 0 Å². The van der Waals surface area contributed by atoms with E-state index >= 15 is 0 Å². The molecular formula is C3H8O2S. The van der Waals surface area contributed by atoms with Gasteiger partial charge in [0.25, 0.3) is 0 Å². The van der Waals surface area contributed by atoms with Gasteiger partial charge in [-0.05, 0) is 12.5 Å². The van der Waals surface area contributed by atoms with Gasteiger partial charge in [0, 0.05) is 0 Å². The van der Waals surface area contributed by atoms with Crippen LogP contribution >= 0.6 is 10.5 Å². The van der Waals surface area contributed by atoms with Crippen molar-refractivity contribution in [2.75, 3.05) is 12.5 Å². The van der Waals surface area contributed by atoms with E-state index in [1.807, 2.05) is 0 Å². The molecule has 0 radical (unpaired) electrons. The molecular weight excluding hydrogens is 100 g/mol. The van der Waals surface area contributed by atoms with Gasteiger partial charge in [-0.2, -0.15) is 0 Å². The van der Waals surface area contributed by atoms with Crippen molar-refractivity contribution in [3.63, 3.8) is 0 Å². The first-order valence-electron chi connectivity index (χ1n) is 1.47. The van der Waals surface area contributed by atoms with E-state index in [0.29, 0.717) is 0 Å². The first kappa shape index (κ1) is 6.14. The summed E-state index contributed by atoms with van der Waals surface area (Å²) in [6.07, 6.45) is 3.46. The second-order valence-corrected chi connectivity index (χ2v) is 3.10. The highest BCUT2D eigenvalue weighted by molar-refractivity contribution is 8.14. The Morgan fingerprint density at radius 1 is 1.33 bits per heavy atom. The second-order valence-electron chi connectivity index (χ2n) is 1.10. The van der Waals surface area contributed by atoms with Crippen molar-refractivity contribution in [3.05, 3.63) is 0 Å². The molecule has 0 aromatic rings. The predicted molar refractivity (Wildman–Crippen MR) is 29.7 cm³/mol. The maximum atomic E-state index is 8.11. The highest BCUT2D eigenvalue weighted by atomic mass is 32.2. The zero-order valence-corrected chi connectivity index (χ0v) is 4.62. The third-order valence-corrected chi connectivity index (χ3v) is 1.10. The Labute approximate surface area is 39.4 Å². The van der Waals surface area contributed by atoms with Crippen LogP contribution in [0.25, 0.3) is 0 Å². The third kappa shape index (κ3) is 2.38. The van der Waals surface area contributed by atoms with E-state index in [2.05, 4.69) is 0 Å². The minimum atomic E-state index is -0.463. The molecule has 0 atom stereocenters. The number of hydrogen-bond acceptors (Lipinski definition) is 0. The Hall–Kier alpha value is 0.140. The smallest absolute Gasteiger partial charge is 0.204 e. The van der Waals surface area contributed by atoms with Gasteiger partial charge in [-0.1, -0.05) is 0 Å². The molecule has 6 heavy (non-hydrogen) atoms. The Bertz CT molecular complexity index is 58.9. The van der Waals surface area contributed by atoms with Crippen LogP contribution in [0.3, 0.4) is 0 Å². The van der Waals surface area contributed by atoms with Crippen LogP contribution in [-0.2, 0) is 0 Å². The molecule has 0 aromatic heterocycles. The maximum absolute atomic E-state index is 8.11. The van der Waals surface area contributed by atoms with Crippen LogP contribution in [-0.4, -0.2) is 28.0 Å². The molecule has 2 N–H and O–H groups in total. The first-order chi connectivity index (χ1) is 2.64. The molecule has 0 amide bonds. The summed E-state index contributed by atoms with van der Waals surface area (Å²) in [6.45, 7) is 0. The summed E-state index contributed by atoms with van der Waals surface area (Å²) in [5, 5.41) is 15.8. The van der Waals surface area contributed by atoms with Gasteiger partial charge in [0.15, 0.2) is 0 Å². The first-order valence-corrected chi connectivity index (χ1v) is 3.51. The summed E-state index contributed by atoms with van der Waals surface area (Å²) in [4.78, 5) is 0. The fourth-order valence-corrected chi connectivity index (χ4v) is 0. The van der Waals surface area contributed by atoms with Crippen molar-refractivity contribution in [3.8, 4) is 0 Å². The van der Waals surface area contributed by atoms with Gasteiger partial charge in [0.2, 0.25) is 5.24 Å². The monoisotopic (exact) mass is 108 g/mol. The molecule has 0 heterocycles. The molecule has 0 unspecified atom stereocenters. The van der Waals surface area contributed by atoms with Crippen LogP contribution in [0.15, 0.2) is 0 Å². The summed E-state index contributed by atoms with van der Waals surface area (Å²) in [6, 6.07) is 0. The molecule has 2 nitrogen and oxygen atoms in total.